The summed E-state index contributed by atoms with van der Waals surface area (Å²) in [5, 5.41) is 21.4. The molecule has 1 heterocycles. The molecule has 0 bridgehead atoms. The predicted molar refractivity (Wildman–Crippen MR) is 103 cm³/mol. The average molecular weight is 396 g/mol. The number of nitrogens with zero attached hydrogens (tertiary/aromatic N) is 2. The second-order valence-electron chi connectivity index (χ2n) is 6.75. The van der Waals surface area contributed by atoms with Crippen molar-refractivity contribution in [2.24, 2.45) is 0 Å². The third kappa shape index (κ3) is 7.68. The third-order valence-electron chi connectivity index (χ3n) is 3.71. The lowest BCUT2D eigenvalue weighted by Crippen LogP contribution is -2.48. The molecule has 1 atom stereocenters. The SMILES string of the molecule is COCc1ccccc1OCC(O)CNC(C)(C)COc1ccc(Cl)nn1. The van der Waals surface area contributed by atoms with E-state index < -0.39 is 6.10 Å². The minimum atomic E-state index is -0.671. The van der Waals surface area contributed by atoms with Crippen molar-refractivity contribution in [3.63, 3.8) is 0 Å². The molecule has 2 aromatic rings. The number of aliphatic hydroxyl groups excluding tert-OH is 1. The van der Waals surface area contributed by atoms with Crippen LogP contribution in [0.1, 0.15) is 19.4 Å². The van der Waals surface area contributed by atoms with Gasteiger partial charge >= 0.3 is 0 Å². The first-order valence-corrected chi connectivity index (χ1v) is 9.02. The van der Waals surface area contributed by atoms with Crippen molar-refractivity contribution in [1.29, 1.82) is 0 Å². The molecule has 8 heteroatoms. The fraction of sp³-hybridized carbons (Fsp3) is 0.474. The van der Waals surface area contributed by atoms with Gasteiger partial charge in [-0.1, -0.05) is 29.8 Å². The Balaban J connectivity index is 1.75. The number of ether oxygens (including phenoxy) is 3. The van der Waals surface area contributed by atoms with Crippen LogP contribution in [0, 0.1) is 0 Å². The highest BCUT2D eigenvalue weighted by molar-refractivity contribution is 6.29. The Labute approximate surface area is 164 Å². The number of methoxy groups -OCH3 is 1. The van der Waals surface area contributed by atoms with Gasteiger partial charge in [-0.2, -0.15) is 0 Å². The smallest absolute Gasteiger partial charge is 0.233 e. The number of rotatable bonds is 11. The van der Waals surface area contributed by atoms with Crippen LogP contribution in [0.5, 0.6) is 11.6 Å². The van der Waals surface area contributed by atoms with Gasteiger partial charge < -0.3 is 24.6 Å². The molecule has 1 aromatic carbocycles. The van der Waals surface area contributed by atoms with Crippen LogP contribution in [0.2, 0.25) is 5.15 Å². The van der Waals surface area contributed by atoms with E-state index in [2.05, 4.69) is 15.5 Å². The number of para-hydroxylation sites is 1. The van der Waals surface area contributed by atoms with E-state index >= 15 is 0 Å². The molecule has 0 fully saturated rings. The molecule has 2 N–H and O–H groups in total. The topological polar surface area (TPSA) is 85.7 Å². The number of nitrogens with one attached hydrogen (secondary N) is 1. The van der Waals surface area contributed by atoms with Gasteiger partial charge in [0.25, 0.3) is 0 Å². The Hall–Kier alpha value is -1.93. The molecule has 148 valence electrons. The first-order valence-electron chi connectivity index (χ1n) is 8.64. The standard InChI is InChI=1S/C19H26ClN3O4/c1-19(2,13-27-18-9-8-17(20)22-23-18)21-10-15(24)12-26-16-7-5-4-6-14(16)11-25-3/h4-9,15,21,24H,10-13H2,1-3H3. The van der Waals surface area contributed by atoms with E-state index in [-0.39, 0.29) is 12.1 Å². The van der Waals surface area contributed by atoms with E-state index in [1.807, 2.05) is 38.1 Å². The van der Waals surface area contributed by atoms with Crippen LogP contribution in [0.25, 0.3) is 0 Å². The van der Waals surface area contributed by atoms with Crippen molar-refractivity contribution >= 4 is 11.6 Å². The zero-order valence-corrected chi connectivity index (χ0v) is 16.6. The molecule has 0 aliphatic rings. The maximum Gasteiger partial charge on any atom is 0.233 e. The molecule has 1 aromatic heterocycles. The summed E-state index contributed by atoms with van der Waals surface area (Å²) in [7, 11) is 1.63. The quantitative estimate of drug-likeness (QED) is 0.604. The second kappa shape index (κ2) is 10.4. The molecule has 0 aliphatic carbocycles. The lowest BCUT2D eigenvalue weighted by atomic mass is 10.1. The number of halogens is 1. The Kier molecular flexibility index (Phi) is 8.24. The van der Waals surface area contributed by atoms with Gasteiger partial charge in [0.15, 0.2) is 5.15 Å². The highest BCUT2D eigenvalue weighted by atomic mass is 35.5. The minimum Gasteiger partial charge on any atom is -0.490 e. The molecular formula is C19H26ClN3O4. The number of aromatic nitrogens is 2. The van der Waals surface area contributed by atoms with Gasteiger partial charge in [-0.15, -0.1) is 10.2 Å². The highest BCUT2D eigenvalue weighted by Gasteiger charge is 2.20. The normalized spacial score (nSPS) is 12.6. The Morgan fingerprint density at radius 1 is 1.15 bits per heavy atom. The van der Waals surface area contributed by atoms with E-state index in [0.29, 0.717) is 36.5 Å². The lowest BCUT2D eigenvalue weighted by Gasteiger charge is -2.27. The average Bonchev–Trinajstić information content (AvgIpc) is 2.66. The Bertz CT molecular complexity index is 698. The monoisotopic (exact) mass is 395 g/mol. The van der Waals surface area contributed by atoms with Crippen LogP contribution < -0.4 is 14.8 Å². The van der Waals surface area contributed by atoms with Gasteiger partial charge in [-0.3, -0.25) is 0 Å². The molecule has 0 saturated heterocycles. The van der Waals surface area contributed by atoms with E-state index in [1.165, 1.54) is 0 Å². The molecule has 1 unspecified atom stereocenters. The summed E-state index contributed by atoms with van der Waals surface area (Å²) >= 11 is 5.70. The highest BCUT2D eigenvalue weighted by Crippen LogP contribution is 2.19. The van der Waals surface area contributed by atoms with Crippen LogP contribution in [0.15, 0.2) is 36.4 Å². The summed E-state index contributed by atoms with van der Waals surface area (Å²) in [6.45, 7) is 5.29. The summed E-state index contributed by atoms with van der Waals surface area (Å²) in [6.07, 6.45) is -0.671. The van der Waals surface area contributed by atoms with Crippen molar-refractivity contribution in [3.05, 3.63) is 47.1 Å². The van der Waals surface area contributed by atoms with E-state index in [1.54, 1.807) is 19.2 Å². The van der Waals surface area contributed by atoms with Crippen LogP contribution in [0.3, 0.4) is 0 Å². The molecule has 0 aliphatic heterocycles. The third-order valence-corrected chi connectivity index (χ3v) is 3.91. The molecule has 0 amide bonds. The lowest BCUT2D eigenvalue weighted by molar-refractivity contribution is 0.0904. The van der Waals surface area contributed by atoms with Gasteiger partial charge in [-0.05, 0) is 26.0 Å². The number of hydrogen-bond acceptors (Lipinski definition) is 7. The summed E-state index contributed by atoms with van der Waals surface area (Å²) in [6, 6.07) is 10.9. The van der Waals surface area contributed by atoms with Gasteiger partial charge in [-0.25, -0.2) is 0 Å². The largest absolute Gasteiger partial charge is 0.490 e. The van der Waals surface area contributed by atoms with Gasteiger partial charge in [0.2, 0.25) is 5.88 Å². The van der Waals surface area contributed by atoms with Gasteiger partial charge in [0, 0.05) is 30.8 Å². The fourth-order valence-electron chi connectivity index (χ4n) is 2.24. The molecule has 0 saturated carbocycles. The van der Waals surface area contributed by atoms with Crippen LogP contribution >= 0.6 is 11.6 Å². The van der Waals surface area contributed by atoms with Crippen LogP contribution in [0.4, 0.5) is 0 Å². The predicted octanol–water partition coefficient (Wildman–Crippen LogP) is 2.46. The fourth-order valence-corrected chi connectivity index (χ4v) is 2.35. The first-order chi connectivity index (χ1) is 12.9. The van der Waals surface area contributed by atoms with Crippen LogP contribution in [-0.4, -0.2) is 53.8 Å². The molecular weight excluding hydrogens is 370 g/mol. The second-order valence-corrected chi connectivity index (χ2v) is 7.14. The van der Waals surface area contributed by atoms with Crippen molar-refractivity contribution in [1.82, 2.24) is 15.5 Å². The van der Waals surface area contributed by atoms with E-state index in [9.17, 15) is 5.11 Å². The Morgan fingerprint density at radius 2 is 1.93 bits per heavy atom. The first kappa shape index (κ1) is 21.4. The summed E-state index contributed by atoms with van der Waals surface area (Å²) in [5.41, 5.74) is 0.564. The van der Waals surface area contributed by atoms with Gasteiger partial charge in [0.1, 0.15) is 25.1 Å². The maximum absolute atomic E-state index is 10.2. The summed E-state index contributed by atoms with van der Waals surface area (Å²) in [4.78, 5) is 0. The van der Waals surface area contributed by atoms with E-state index in [0.717, 1.165) is 5.56 Å². The zero-order chi connectivity index (χ0) is 19.7. The van der Waals surface area contributed by atoms with Gasteiger partial charge in [0.05, 0.1) is 6.61 Å². The van der Waals surface area contributed by atoms with Crippen molar-refractivity contribution < 1.29 is 19.3 Å². The molecule has 0 spiro atoms. The summed E-state index contributed by atoms with van der Waals surface area (Å²) in [5.74, 6) is 1.11. The molecule has 2 rings (SSSR count). The summed E-state index contributed by atoms with van der Waals surface area (Å²) < 4.78 is 16.5. The number of aliphatic hydroxyl groups is 1. The van der Waals surface area contributed by atoms with Crippen LogP contribution in [-0.2, 0) is 11.3 Å². The number of hydrogen-bond donors (Lipinski definition) is 2. The Morgan fingerprint density at radius 3 is 2.63 bits per heavy atom. The zero-order valence-electron chi connectivity index (χ0n) is 15.8. The van der Waals surface area contributed by atoms with Crippen molar-refractivity contribution in [3.8, 4) is 11.6 Å². The maximum atomic E-state index is 10.2. The van der Waals surface area contributed by atoms with Crippen molar-refractivity contribution in [2.45, 2.75) is 32.1 Å². The number of benzene rings is 1. The number of β-amino-alcohol motifs (C(OH)–C–C–N with tert-alkyl or cyclic N) is 1. The molecule has 0 radical (unpaired) electrons. The molecule has 7 nitrogen and oxygen atoms in total. The van der Waals surface area contributed by atoms with E-state index in [4.69, 9.17) is 25.8 Å². The molecule has 27 heavy (non-hydrogen) atoms. The van der Waals surface area contributed by atoms with Crippen molar-refractivity contribution in [2.75, 3.05) is 26.9 Å². The minimum absolute atomic E-state index is 0.174.